The molecule has 0 spiro atoms. The maximum Gasteiger partial charge on any atom is 0.251 e. The number of thiophene rings is 1. The molecule has 0 radical (unpaired) electrons. The van der Waals surface area contributed by atoms with E-state index in [1.54, 1.807) is 11.4 Å². The molecule has 0 saturated carbocycles. The average Bonchev–Trinajstić information content (AvgIpc) is 3.01. The summed E-state index contributed by atoms with van der Waals surface area (Å²) < 4.78 is 0. The maximum absolute atomic E-state index is 12.5. The highest BCUT2D eigenvalue weighted by Crippen LogP contribution is 2.24. The first-order valence-electron chi connectivity index (χ1n) is 7.69. The first kappa shape index (κ1) is 16.5. The molecule has 0 unspecified atom stereocenters. The predicted octanol–water partition coefficient (Wildman–Crippen LogP) is 1.33. The van der Waals surface area contributed by atoms with Crippen molar-refractivity contribution in [1.29, 1.82) is 0 Å². The summed E-state index contributed by atoms with van der Waals surface area (Å²) in [6.07, 6.45) is 2.68. The zero-order valence-electron chi connectivity index (χ0n) is 13.6. The number of nitrogens with two attached hydrogens (primary N) is 1. The van der Waals surface area contributed by atoms with Crippen molar-refractivity contribution >= 4 is 28.2 Å². The summed E-state index contributed by atoms with van der Waals surface area (Å²) in [4.78, 5) is 34.7. The van der Waals surface area contributed by atoms with Gasteiger partial charge in [0.25, 0.3) is 5.91 Å². The van der Waals surface area contributed by atoms with Gasteiger partial charge in [0.1, 0.15) is 10.8 Å². The second kappa shape index (κ2) is 6.66. The van der Waals surface area contributed by atoms with E-state index in [0.29, 0.717) is 17.1 Å². The van der Waals surface area contributed by atoms with E-state index in [1.165, 1.54) is 11.3 Å². The number of carbonyl (C=O) groups is 2. The molecule has 2 amide bonds. The summed E-state index contributed by atoms with van der Waals surface area (Å²) in [5.41, 5.74) is 7.77. The number of fused-ring (bicyclic) bond motifs is 1. The summed E-state index contributed by atoms with van der Waals surface area (Å²) in [6, 6.07) is 1.28. The molecule has 1 aliphatic rings. The van der Waals surface area contributed by atoms with Crippen LogP contribution in [0.15, 0.2) is 17.6 Å². The van der Waals surface area contributed by atoms with Crippen molar-refractivity contribution in [2.45, 2.75) is 32.9 Å². The van der Waals surface area contributed by atoms with Gasteiger partial charge in [0.15, 0.2) is 0 Å². The number of hydrogen-bond donors (Lipinski definition) is 2. The summed E-state index contributed by atoms with van der Waals surface area (Å²) >= 11 is 1.29. The topological polar surface area (TPSA) is 101 Å². The minimum absolute atomic E-state index is 0.158. The van der Waals surface area contributed by atoms with Crippen LogP contribution >= 0.6 is 11.3 Å². The number of aryl methyl sites for hydroxylation is 1. The molecule has 0 saturated heterocycles. The van der Waals surface area contributed by atoms with Crippen LogP contribution in [0.3, 0.4) is 0 Å². The van der Waals surface area contributed by atoms with Crippen LogP contribution < -0.4 is 11.1 Å². The van der Waals surface area contributed by atoms with Gasteiger partial charge >= 0.3 is 0 Å². The molecule has 0 aliphatic carbocycles. The van der Waals surface area contributed by atoms with E-state index in [1.807, 2.05) is 20.0 Å². The molecule has 0 fully saturated rings. The average molecular weight is 345 g/mol. The van der Waals surface area contributed by atoms with Crippen LogP contribution in [0.4, 0.5) is 5.00 Å². The van der Waals surface area contributed by atoms with E-state index >= 15 is 0 Å². The molecule has 24 heavy (non-hydrogen) atoms. The summed E-state index contributed by atoms with van der Waals surface area (Å²) in [6.45, 7) is 5.09. The molecule has 126 valence electrons. The Hall–Kier alpha value is -2.32. The largest absolute Gasteiger partial charge is 0.366 e. The second-order valence-corrected chi connectivity index (χ2v) is 6.72. The van der Waals surface area contributed by atoms with Gasteiger partial charge in [-0.05, 0) is 37.3 Å². The fourth-order valence-corrected chi connectivity index (χ4v) is 3.53. The van der Waals surface area contributed by atoms with Crippen LogP contribution in [-0.4, -0.2) is 39.3 Å². The van der Waals surface area contributed by atoms with Crippen molar-refractivity contribution in [1.82, 2.24) is 14.9 Å². The second-order valence-electron chi connectivity index (χ2n) is 5.80. The smallest absolute Gasteiger partial charge is 0.251 e. The Balaban J connectivity index is 1.70. The number of nitrogens with zero attached hydrogens (tertiary/aromatic N) is 3. The van der Waals surface area contributed by atoms with Crippen LogP contribution in [0.1, 0.15) is 34.4 Å². The number of aromatic nitrogens is 2. The van der Waals surface area contributed by atoms with Crippen LogP contribution in [0.25, 0.3) is 0 Å². The molecule has 0 aromatic carbocycles. The number of primary amides is 1. The summed E-state index contributed by atoms with van der Waals surface area (Å²) in [7, 11) is 0. The van der Waals surface area contributed by atoms with Gasteiger partial charge in [-0.3, -0.25) is 14.5 Å². The molecular weight excluding hydrogens is 326 g/mol. The third-order valence-electron chi connectivity index (χ3n) is 4.19. The molecule has 8 heteroatoms. The monoisotopic (exact) mass is 345 g/mol. The molecule has 1 aliphatic heterocycles. The van der Waals surface area contributed by atoms with E-state index in [2.05, 4.69) is 20.2 Å². The molecular formula is C16H19N5O2S. The van der Waals surface area contributed by atoms with E-state index in [9.17, 15) is 9.59 Å². The number of rotatable bonds is 4. The fraction of sp³-hybridized carbons (Fsp3) is 0.375. The highest BCUT2D eigenvalue weighted by Gasteiger charge is 2.27. The van der Waals surface area contributed by atoms with Crippen molar-refractivity contribution in [3.8, 4) is 0 Å². The van der Waals surface area contributed by atoms with Crippen molar-refractivity contribution < 1.29 is 9.59 Å². The number of carbonyl (C=O) groups excluding carboxylic acids is 2. The van der Waals surface area contributed by atoms with Gasteiger partial charge in [-0.1, -0.05) is 0 Å². The SMILES string of the molecule is Cc1ncc2c(n1)CN([C@H](C)C(=O)Nc1sccc1C(N)=O)CC2. The minimum Gasteiger partial charge on any atom is -0.366 e. The van der Waals surface area contributed by atoms with Crippen LogP contribution in [-0.2, 0) is 17.8 Å². The van der Waals surface area contributed by atoms with Gasteiger partial charge in [-0.15, -0.1) is 11.3 Å². The van der Waals surface area contributed by atoms with Gasteiger partial charge in [0.05, 0.1) is 17.3 Å². The van der Waals surface area contributed by atoms with E-state index in [-0.39, 0.29) is 11.9 Å². The maximum atomic E-state index is 12.5. The first-order chi connectivity index (χ1) is 11.5. The van der Waals surface area contributed by atoms with Gasteiger partial charge in [0, 0.05) is 19.3 Å². The van der Waals surface area contributed by atoms with Gasteiger partial charge in [0.2, 0.25) is 5.91 Å². The van der Waals surface area contributed by atoms with Crippen LogP contribution in [0, 0.1) is 6.92 Å². The van der Waals surface area contributed by atoms with Crippen LogP contribution in [0.2, 0.25) is 0 Å². The third-order valence-corrected chi connectivity index (χ3v) is 5.02. The Labute approximate surface area is 143 Å². The number of anilines is 1. The minimum atomic E-state index is -0.543. The van der Waals surface area contributed by atoms with Gasteiger partial charge < -0.3 is 11.1 Å². The van der Waals surface area contributed by atoms with E-state index < -0.39 is 5.91 Å². The fourth-order valence-electron chi connectivity index (χ4n) is 2.74. The highest BCUT2D eigenvalue weighted by molar-refractivity contribution is 7.14. The lowest BCUT2D eigenvalue weighted by molar-refractivity contribution is -0.121. The van der Waals surface area contributed by atoms with E-state index in [4.69, 9.17) is 5.73 Å². The first-order valence-corrected chi connectivity index (χ1v) is 8.57. The zero-order chi connectivity index (χ0) is 17.3. The lowest BCUT2D eigenvalue weighted by Crippen LogP contribution is -2.45. The standard InChI is InChI=1S/C16H19N5O2S/c1-9(15(23)20-16-12(14(17)22)4-6-24-16)21-5-3-11-7-18-10(2)19-13(11)8-21/h4,6-7,9H,3,5,8H2,1-2H3,(H2,17,22)(H,20,23)/t9-/m1/s1. The lowest BCUT2D eigenvalue weighted by atomic mass is 10.0. The number of hydrogen-bond acceptors (Lipinski definition) is 6. The number of amides is 2. The van der Waals surface area contributed by atoms with Crippen molar-refractivity contribution in [3.63, 3.8) is 0 Å². The summed E-state index contributed by atoms with van der Waals surface area (Å²) in [5.74, 6) is 0.0323. The molecule has 3 rings (SSSR count). The number of nitrogens with one attached hydrogen (secondary N) is 1. The Morgan fingerprint density at radius 3 is 3.00 bits per heavy atom. The normalized spacial score (nSPS) is 15.6. The van der Waals surface area contributed by atoms with Gasteiger partial charge in [-0.25, -0.2) is 9.97 Å². The summed E-state index contributed by atoms with van der Waals surface area (Å²) in [5, 5.41) is 5.04. The van der Waals surface area contributed by atoms with Crippen molar-refractivity contribution in [2.24, 2.45) is 5.73 Å². The molecule has 0 bridgehead atoms. The molecule has 3 N–H and O–H groups in total. The predicted molar refractivity (Wildman–Crippen MR) is 91.8 cm³/mol. The Morgan fingerprint density at radius 1 is 1.46 bits per heavy atom. The van der Waals surface area contributed by atoms with Crippen LogP contribution in [0.5, 0.6) is 0 Å². The Morgan fingerprint density at radius 2 is 2.25 bits per heavy atom. The third kappa shape index (κ3) is 3.29. The van der Waals surface area contributed by atoms with Crippen molar-refractivity contribution in [2.75, 3.05) is 11.9 Å². The molecule has 1 atom stereocenters. The van der Waals surface area contributed by atoms with Crippen molar-refractivity contribution in [3.05, 3.63) is 40.3 Å². The lowest BCUT2D eigenvalue weighted by Gasteiger charge is -2.32. The molecule has 3 heterocycles. The Bertz CT molecular complexity index is 789. The van der Waals surface area contributed by atoms with E-state index in [0.717, 1.165) is 30.0 Å². The highest BCUT2D eigenvalue weighted by atomic mass is 32.1. The zero-order valence-corrected chi connectivity index (χ0v) is 14.4. The molecule has 2 aromatic heterocycles. The Kier molecular flexibility index (Phi) is 4.59. The van der Waals surface area contributed by atoms with Gasteiger partial charge in [-0.2, -0.15) is 0 Å². The molecule has 7 nitrogen and oxygen atoms in total. The quantitative estimate of drug-likeness (QED) is 0.870. The molecule has 2 aromatic rings.